The molecule has 12 aliphatic heterocycles. The smallest absolute Gasteiger partial charge is 0.186 e. The van der Waals surface area contributed by atoms with Gasteiger partial charge in [0, 0.05) is 144 Å². The Labute approximate surface area is 560 Å². The second-order valence-electron chi connectivity index (χ2n) is 18.8. The average molecular weight is 1530 g/mol. The zero-order valence-corrected chi connectivity index (χ0v) is 57.6. The number of ether oxygens (including phenoxy) is 8. The summed E-state index contributed by atoms with van der Waals surface area (Å²) in [6.45, 7) is 26.6. The van der Waals surface area contributed by atoms with E-state index in [0.717, 1.165) is 54.2 Å². The fourth-order valence-electron chi connectivity index (χ4n) is 8.86. The minimum atomic E-state index is -1.42. The van der Waals surface area contributed by atoms with Crippen molar-refractivity contribution >= 4 is 51.6 Å². The molecule has 0 amide bonds. The maximum Gasteiger partial charge on any atom is 0.186 e. The molecule has 0 aliphatic carbocycles. The molecular formula is C51H89N6O18S3WY2-7. The Hall–Kier alpha value is 0.886. The maximum absolute atomic E-state index is 10.4. The summed E-state index contributed by atoms with van der Waals surface area (Å²) < 4.78 is 44.3. The molecule has 468 valence electrons. The van der Waals surface area contributed by atoms with Crippen molar-refractivity contribution in [2.45, 2.75) is 169 Å². The van der Waals surface area contributed by atoms with Crippen molar-refractivity contribution in [2.75, 3.05) is 65.7 Å². The van der Waals surface area contributed by atoms with Crippen LogP contribution in [0.2, 0.25) is 0 Å². The van der Waals surface area contributed by atoms with E-state index in [1.165, 1.54) is 0 Å². The number of rotatable bonds is 14. The van der Waals surface area contributed by atoms with Crippen LogP contribution in [-0.2, 0) is 124 Å². The monoisotopic (exact) mass is 1530 g/mol. The molecule has 12 rings (SSSR count). The van der Waals surface area contributed by atoms with Gasteiger partial charge in [-0.2, -0.15) is 0 Å². The van der Waals surface area contributed by atoms with Gasteiger partial charge in [-0.3, -0.25) is 32.2 Å². The number of aliphatic hydroxyl groups is 10. The summed E-state index contributed by atoms with van der Waals surface area (Å²) in [4.78, 5) is 4.81. The van der Waals surface area contributed by atoms with E-state index >= 15 is 0 Å². The number of nitrogens with zero attached hydrogens (tertiary/aromatic N) is 1. The average Bonchev–Trinajstić information content (AvgIpc) is 3.41. The van der Waals surface area contributed by atoms with Crippen molar-refractivity contribution in [1.29, 1.82) is 0 Å². The molecule has 15 N–H and O–H groups in total. The molecule has 12 aliphatic rings. The Balaban J connectivity index is 0. The quantitative estimate of drug-likeness (QED) is 0.0496. The molecule has 2 radical (unpaired) electrons. The van der Waals surface area contributed by atoms with Crippen LogP contribution in [0.5, 0.6) is 0 Å². The third-order valence-electron chi connectivity index (χ3n) is 13.2. The van der Waals surface area contributed by atoms with Gasteiger partial charge in [0.25, 0.3) is 0 Å². The van der Waals surface area contributed by atoms with E-state index in [0.29, 0.717) is 44.9 Å². The van der Waals surface area contributed by atoms with Crippen molar-refractivity contribution in [3.05, 3.63) is 60.4 Å². The first-order valence-electron chi connectivity index (χ1n) is 26.0. The standard InChI is InChI=1S/2C16H27O9.C13H25N4S3.2C3H5N.W.2Y/c2*1-7-8-4-2-3-5-22-15-13(21)11(19)14(9(6-17)24-15)25-16(23-7)12(20)10(8)18;1-4-13(20)16-7-10-17(8-5-14-11(2)18)9-6-15-12(3)19;2*1-3-4-2;;;/h2*7-21H,1-6H2;1,4-10H2,2-3H3,(H,14,18)(H,15,19)(H,16,20);2*4H,1-2H2;;;/q3*-1;2*-2;;;/t2*7?,8?,9?,10?,11?,12?,13?,14?,15-,16+;;;;;;/m11....../s1. The van der Waals surface area contributed by atoms with Crippen LogP contribution in [0.25, 0.3) is 0 Å². The van der Waals surface area contributed by atoms with Gasteiger partial charge in [-0.15, -0.1) is 6.42 Å². The largest absolute Gasteiger partial charge is 0.713 e. The molecule has 0 spiro atoms. The topological polar surface area (TPSA) is 340 Å². The zero-order valence-electron chi connectivity index (χ0n) is 46.5. The first-order chi connectivity index (χ1) is 37.1. The molecule has 0 aromatic rings. The molecule has 0 aromatic heterocycles. The molecular weight excluding hydrogens is 1440 g/mol. The van der Waals surface area contributed by atoms with E-state index in [9.17, 15) is 51.1 Å². The molecule has 0 saturated carbocycles. The Morgan fingerprint density at radius 2 is 0.877 bits per heavy atom. The number of thiocarbonyl (C=S) groups is 3. The van der Waals surface area contributed by atoms with Gasteiger partial charge in [0.1, 0.15) is 61.0 Å². The van der Waals surface area contributed by atoms with Crippen LogP contribution in [0.1, 0.15) is 58.8 Å². The van der Waals surface area contributed by atoms with Crippen molar-refractivity contribution in [2.24, 2.45) is 11.8 Å². The molecule has 24 nitrogen and oxygen atoms in total. The van der Waals surface area contributed by atoms with E-state index in [4.69, 9.17) is 74.5 Å². The van der Waals surface area contributed by atoms with E-state index in [1.807, 2.05) is 13.8 Å². The van der Waals surface area contributed by atoms with Gasteiger partial charge in [0.05, 0.1) is 35.4 Å². The van der Waals surface area contributed by atoms with Crippen molar-refractivity contribution < 1.29 is 175 Å². The van der Waals surface area contributed by atoms with Crippen molar-refractivity contribution in [1.82, 2.24) is 31.5 Å². The molecule has 12 fully saturated rings. The van der Waals surface area contributed by atoms with E-state index in [-0.39, 0.29) is 112 Å². The van der Waals surface area contributed by atoms with Gasteiger partial charge in [-0.25, -0.2) is 0 Å². The number of aliphatic hydroxyl groups excluding tert-OH is 10. The van der Waals surface area contributed by atoms with Crippen LogP contribution in [0.4, 0.5) is 0 Å². The first kappa shape index (κ1) is 83.9. The first-order valence-corrected chi connectivity index (χ1v) is 27.2. The summed E-state index contributed by atoms with van der Waals surface area (Å²) in [6, 6.07) is 0. The molecule has 12 heterocycles. The number of hydrogen-bond donors (Lipinski definition) is 15. The summed E-state index contributed by atoms with van der Waals surface area (Å²) in [5.74, 6) is -0.703. The van der Waals surface area contributed by atoms with Gasteiger partial charge in [-0.1, -0.05) is 61.7 Å². The summed E-state index contributed by atoms with van der Waals surface area (Å²) >= 11 is 15.1. The number of hydrogen-bond acceptors (Lipinski definition) is 24. The van der Waals surface area contributed by atoms with Crippen LogP contribution in [0.3, 0.4) is 0 Å². The van der Waals surface area contributed by atoms with Crippen LogP contribution in [0, 0.1) is 59.1 Å². The third kappa shape index (κ3) is 29.4. The Morgan fingerprint density at radius 3 is 1.19 bits per heavy atom. The molecule has 16 unspecified atom stereocenters. The summed E-state index contributed by atoms with van der Waals surface area (Å²) in [5, 5.41) is 116. The molecule has 81 heavy (non-hydrogen) atoms. The second-order valence-corrected chi connectivity index (χ2v) is 20.6. The molecule has 30 heteroatoms. The Morgan fingerprint density at radius 1 is 0.543 bits per heavy atom. The fraction of sp³-hybridized carbons (Fsp3) is 0.765. The van der Waals surface area contributed by atoms with Crippen LogP contribution >= 0.6 is 36.7 Å². The van der Waals surface area contributed by atoms with Crippen molar-refractivity contribution in [3.8, 4) is 0 Å². The number of nitrogens with one attached hydrogen (secondary N) is 5. The minimum absolute atomic E-state index is 0. The van der Waals surface area contributed by atoms with Crippen LogP contribution < -0.4 is 26.6 Å². The van der Waals surface area contributed by atoms with Crippen LogP contribution in [0.15, 0.2) is 13.2 Å². The van der Waals surface area contributed by atoms with Gasteiger partial charge in [-0.05, 0) is 51.4 Å². The van der Waals surface area contributed by atoms with E-state index in [1.54, 1.807) is 0 Å². The predicted molar refractivity (Wildman–Crippen MR) is 298 cm³/mol. The molecule has 12 saturated heterocycles. The zero-order chi connectivity index (χ0) is 58.5. The predicted octanol–water partition coefficient (Wildman–Crippen LogP) is -2.26. The van der Waals surface area contributed by atoms with Crippen LogP contribution in [-0.4, -0.2) is 247 Å². The Bertz CT molecular complexity index is 1610. The van der Waals surface area contributed by atoms with Gasteiger partial charge in [0.2, 0.25) is 0 Å². The molecule has 8 bridgehead atoms. The van der Waals surface area contributed by atoms with Crippen molar-refractivity contribution in [3.63, 3.8) is 0 Å². The Kier molecular flexibility index (Phi) is 48.6. The van der Waals surface area contributed by atoms with Gasteiger partial charge in [0.15, 0.2) is 25.2 Å². The molecule has 20 atom stereocenters. The fourth-order valence-corrected chi connectivity index (χ4v) is 9.17. The summed E-state index contributed by atoms with van der Waals surface area (Å²) in [6.07, 6.45) is -11.6. The summed E-state index contributed by atoms with van der Waals surface area (Å²) in [5.41, 5.74) is 0. The van der Waals surface area contributed by atoms with E-state index in [2.05, 4.69) is 91.9 Å². The van der Waals surface area contributed by atoms with Gasteiger partial charge < -0.3 is 149 Å². The maximum atomic E-state index is 10.4. The van der Waals surface area contributed by atoms with E-state index < -0.39 is 124 Å². The SMILES string of the molecule is C=[C-]N[CH2-].C=[C-]N[CH2-].[CH2-]C1O[C@H]2OC3C(CO)O[C@@H](OCCCCC1C(O)C2O)C(O)C3O.[CH2-]C1O[C@H]2OC3C(CO)O[C@@H](OCCCCC1C(O)C2O)C(O)C3O.[CH2-]CC(=S)NCCN(CCNC(C)=S)CCNC(C)=S.[W].[Y].[Y]. The van der Waals surface area contributed by atoms with Gasteiger partial charge >= 0.3 is 0 Å². The third-order valence-corrected chi connectivity index (χ3v) is 13.8. The normalized spacial score (nSPS) is 35.2. The molecule has 0 aromatic carbocycles. The minimum Gasteiger partial charge on any atom is -0.713 e. The second kappa shape index (κ2) is 46.9. The summed E-state index contributed by atoms with van der Waals surface area (Å²) in [7, 11) is 6.36.